The van der Waals surface area contributed by atoms with Gasteiger partial charge in [-0.1, -0.05) is 6.07 Å². The summed E-state index contributed by atoms with van der Waals surface area (Å²) in [4.78, 5) is 37.5. The maximum Gasteiger partial charge on any atom is 0.343 e. The number of esters is 2. The molecule has 0 amide bonds. The van der Waals surface area contributed by atoms with Crippen molar-refractivity contribution < 1.29 is 47.9 Å². The minimum atomic E-state index is -0.687. The third kappa shape index (κ3) is 4.73. The van der Waals surface area contributed by atoms with Crippen molar-refractivity contribution in [1.29, 1.82) is 0 Å². The first-order valence-electron chi connectivity index (χ1n) is 12.0. The molecule has 0 bridgehead atoms. The SMILES string of the molecule is COC(=O)COc1cc(C2CC(=O)Oc3cc(O)c4c(=O)cc(-c5ccc(OC)c(O)c5)oc4c32)ccc1OC. The van der Waals surface area contributed by atoms with E-state index in [0.29, 0.717) is 22.4 Å². The van der Waals surface area contributed by atoms with Gasteiger partial charge in [0.2, 0.25) is 0 Å². The van der Waals surface area contributed by atoms with Gasteiger partial charge in [0, 0.05) is 29.2 Å². The molecule has 1 aliphatic heterocycles. The second-order valence-corrected chi connectivity index (χ2v) is 8.88. The van der Waals surface area contributed by atoms with Crippen LogP contribution in [0.2, 0.25) is 0 Å². The van der Waals surface area contributed by atoms with E-state index in [9.17, 15) is 24.6 Å². The number of methoxy groups -OCH3 is 3. The summed E-state index contributed by atoms with van der Waals surface area (Å²) in [6.07, 6.45) is -0.118. The molecule has 1 aliphatic rings. The Hall–Kier alpha value is -5.19. The molecule has 0 fully saturated rings. The number of aromatic hydroxyl groups is 2. The van der Waals surface area contributed by atoms with Gasteiger partial charge in [-0.15, -0.1) is 0 Å². The van der Waals surface area contributed by atoms with Crippen molar-refractivity contribution in [2.45, 2.75) is 12.3 Å². The van der Waals surface area contributed by atoms with E-state index in [1.807, 2.05) is 0 Å². The third-order valence-electron chi connectivity index (χ3n) is 6.55. The van der Waals surface area contributed by atoms with Gasteiger partial charge in [-0.05, 0) is 35.9 Å². The lowest BCUT2D eigenvalue weighted by Crippen LogP contribution is -2.22. The Morgan fingerprint density at radius 3 is 2.38 bits per heavy atom. The maximum atomic E-state index is 13.2. The van der Waals surface area contributed by atoms with Crippen molar-refractivity contribution in [2.75, 3.05) is 27.9 Å². The average Bonchev–Trinajstić information content (AvgIpc) is 2.94. The van der Waals surface area contributed by atoms with Crippen LogP contribution in [0.4, 0.5) is 0 Å². The molecule has 2 heterocycles. The number of benzene rings is 3. The van der Waals surface area contributed by atoms with Gasteiger partial charge in [0.05, 0.1) is 27.8 Å². The fourth-order valence-electron chi connectivity index (χ4n) is 4.65. The zero-order valence-corrected chi connectivity index (χ0v) is 21.7. The van der Waals surface area contributed by atoms with E-state index in [4.69, 9.17) is 23.4 Å². The smallest absolute Gasteiger partial charge is 0.343 e. The molecule has 0 saturated heterocycles. The summed E-state index contributed by atoms with van der Waals surface area (Å²) < 4.78 is 32.3. The molecule has 3 aromatic carbocycles. The monoisotopic (exact) mass is 548 g/mol. The van der Waals surface area contributed by atoms with Crippen LogP contribution in [-0.2, 0) is 14.3 Å². The molecule has 0 radical (unpaired) electrons. The van der Waals surface area contributed by atoms with Crippen molar-refractivity contribution in [3.63, 3.8) is 0 Å². The van der Waals surface area contributed by atoms with Gasteiger partial charge >= 0.3 is 11.9 Å². The molecule has 0 saturated carbocycles. The minimum Gasteiger partial charge on any atom is -0.507 e. The molecular weight excluding hydrogens is 524 g/mol. The van der Waals surface area contributed by atoms with Crippen molar-refractivity contribution in [3.05, 3.63) is 69.9 Å². The van der Waals surface area contributed by atoms with Crippen LogP contribution in [0.15, 0.2) is 57.7 Å². The Morgan fingerprint density at radius 2 is 1.68 bits per heavy atom. The standard InChI is InChI=1S/C29H24O11/c1-35-20-6-5-15(8-17(20)30)22-11-18(31)28-19(32)12-24-27(29(28)40-22)16(10-25(33)39-24)14-4-7-21(36-2)23(9-14)38-13-26(34)37-3/h4-9,11-12,16,30,32H,10,13H2,1-3H3. The van der Waals surface area contributed by atoms with E-state index < -0.39 is 29.0 Å². The second-order valence-electron chi connectivity index (χ2n) is 8.88. The molecule has 206 valence electrons. The van der Waals surface area contributed by atoms with E-state index in [0.717, 1.165) is 0 Å². The average molecular weight is 549 g/mol. The van der Waals surface area contributed by atoms with Gasteiger partial charge in [0.25, 0.3) is 0 Å². The molecule has 2 N–H and O–H groups in total. The summed E-state index contributed by atoms with van der Waals surface area (Å²) in [6, 6.07) is 11.8. The Balaban J connectivity index is 1.70. The first-order chi connectivity index (χ1) is 19.2. The van der Waals surface area contributed by atoms with Crippen molar-refractivity contribution in [3.8, 4) is 45.8 Å². The van der Waals surface area contributed by atoms with Gasteiger partial charge < -0.3 is 38.3 Å². The topological polar surface area (TPSA) is 151 Å². The summed E-state index contributed by atoms with van der Waals surface area (Å²) in [6.45, 7) is -0.372. The largest absolute Gasteiger partial charge is 0.507 e. The number of carbonyl (C=O) groups is 2. The predicted octanol–water partition coefficient (Wildman–Crippen LogP) is 3.88. The maximum absolute atomic E-state index is 13.2. The predicted molar refractivity (Wildman–Crippen MR) is 140 cm³/mol. The second kappa shape index (κ2) is 10.5. The minimum absolute atomic E-state index is 0.0122. The lowest BCUT2D eigenvalue weighted by Gasteiger charge is -2.26. The van der Waals surface area contributed by atoms with Gasteiger partial charge in [0.15, 0.2) is 35.0 Å². The Morgan fingerprint density at radius 1 is 0.925 bits per heavy atom. The number of fused-ring (bicyclic) bond motifs is 3. The van der Waals surface area contributed by atoms with Gasteiger partial charge in [-0.3, -0.25) is 9.59 Å². The molecule has 1 aromatic heterocycles. The van der Waals surface area contributed by atoms with Crippen LogP contribution < -0.4 is 24.4 Å². The fourth-order valence-corrected chi connectivity index (χ4v) is 4.65. The van der Waals surface area contributed by atoms with Gasteiger partial charge in [0.1, 0.15) is 28.2 Å². The molecule has 5 rings (SSSR count). The zero-order chi connectivity index (χ0) is 28.6. The first kappa shape index (κ1) is 26.4. The van der Waals surface area contributed by atoms with Crippen LogP contribution in [-0.4, -0.2) is 50.1 Å². The fraction of sp³-hybridized carbons (Fsp3) is 0.207. The summed E-state index contributed by atoms with van der Waals surface area (Å²) >= 11 is 0. The molecular formula is C29H24O11. The van der Waals surface area contributed by atoms with Crippen LogP contribution in [0, 0.1) is 0 Å². The summed E-state index contributed by atoms with van der Waals surface area (Å²) in [5.41, 5.74) is 0.771. The molecule has 40 heavy (non-hydrogen) atoms. The van der Waals surface area contributed by atoms with Crippen LogP contribution in [0.3, 0.4) is 0 Å². The molecule has 0 aliphatic carbocycles. The molecule has 0 spiro atoms. The highest BCUT2D eigenvalue weighted by molar-refractivity contribution is 5.93. The quantitative estimate of drug-likeness (QED) is 0.256. The van der Waals surface area contributed by atoms with Crippen LogP contribution in [0.5, 0.6) is 34.5 Å². The van der Waals surface area contributed by atoms with Crippen molar-refractivity contribution in [1.82, 2.24) is 0 Å². The number of ether oxygens (including phenoxy) is 5. The highest BCUT2D eigenvalue weighted by Crippen LogP contribution is 2.47. The first-order valence-corrected chi connectivity index (χ1v) is 12.0. The Bertz CT molecular complexity index is 1700. The van der Waals surface area contributed by atoms with Crippen LogP contribution in [0.1, 0.15) is 23.5 Å². The lowest BCUT2D eigenvalue weighted by molar-refractivity contribution is -0.143. The van der Waals surface area contributed by atoms with Gasteiger partial charge in [-0.2, -0.15) is 0 Å². The summed E-state index contributed by atoms with van der Waals surface area (Å²) in [7, 11) is 4.09. The number of hydrogen-bond donors (Lipinski definition) is 2. The van der Waals surface area contributed by atoms with Crippen molar-refractivity contribution >= 4 is 22.9 Å². The number of phenols is 2. The van der Waals surface area contributed by atoms with E-state index in [1.165, 1.54) is 45.6 Å². The van der Waals surface area contributed by atoms with E-state index in [-0.39, 0.29) is 52.8 Å². The third-order valence-corrected chi connectivity index (χ3v) is 6.55. The molecule has 1 unspecified atom stereocenters. The van der Waals surface area contributed by atoms with Crippen LogP contribution >= 0.6 is 0 Å². The molecule has 4 aromatic rings. The van der Waals surface area contributed by atoms with E-state index >= 15 is 0 Å². The summed E-state index contributed by atoms with van der Waals surface area (Å²) in [5, 5.41) is 20.9. The number of phenolic OH excluding ortho intramolecular Hbond substituents is 2. The van der Waals surface area contributed by atoms with Crippen molar-refractivity contribution in [2.24, 2.45) is 0 Å². The Labute approximate surface area is 227 Å². The summed E-state index contributed by atoms with van der Waals surface area (Å²) in [5.74, 6) is -1.50. The normalized spacial score (nSPS) is 14.3. The Kier molecular flexibility index (Phi) is 6.95. The lowest BCUT2D eigenvalue weighted by atomic mass is 9.85. The van der Waals surface area contributed by atoms with Crippen LogP contribution in [0.25, 0.3) is 22.3 Å². The zero-order valence-electron chi connectivity index (χ0n) is 21.7. The number of carbonyl (C=O) groups excluding carboxylic acids is 2. The van der Waals surface area contributed by atoms with E-state index in [1.54, 1.807) is 24.3 Å². The highest BCUT2D eigenvalue weighted by Gasteiger charge is 2.34. The van der Waals surface area contributed by atoms with Gasteiger partial charge in [-0.25, -0.2) is 4.79 Å². The number of rotatable bonds is 7. The highest BCUT2D eigenvalue weighted by atomic mass is 16.6. The van der Waals surface area contributed by atoms with E-state index in [2.05, 4.69) is 4.74 Å². The molecule has 1 atom stereocenters. The molecule has 11 nitrogen and oxygen atoms in total. The number of hydrogen-bond acceptors (Lipinski definition) is 11. The molecule has 11 heteroatoms.